The SMILES string of the molecule is CCCn1c(=O)[nH]c(=O)c2nsnc21. The third kappa shape index (κ3) is 1.25. The Morgan fingerprint density at radius 3 is 2.93 bits per heavy atom. The molecule has 0 radical (unpaired) electrons. The molecule has 7 heteroatoms. The van der Waals surface area contributed by atoms with Gasteiger partial charge in [-0.3, -0.25) is 14.3 Å². The highest BCUT2D eigenvalue weighted by atomic mass is 32.1. The molecule has 0 aromatic carbocycles. The second kappa shape index (κ2) is 3.33. The molecular formula is C7H8N4O2S. The summed E-state index contributed by atoms with van der Waals surface area (Å²) in [6, 6.07) is 0. The lowest BCUT2D eigenvalue weighted by Crippen LogP contribution is -2.30. The van der Waals surface area contributed by atoms with Gasteiger partial charge in [0.2, 0.25) is 0 Å². The van der Waals surface area contributed by atoms with Crippen molar-refractivity contribution in [1.82, 2.24) is 18.3 Å². The van der Waals surface area contributed by atoms with Crippen molar-refractivity contribution in [2.45, 2.75) is 19.9 Å². The second-order valence-corrected chi connectivity index (χ2v) is 3.38. The summed E-state index contributed by atoms with van der Waals surface area (Å²) in [5.74, 6) is 0. The highest BCUT2D eigenvalue weighted by molar-refractivity contribution is 7.00. The van der Waals surface area contributed by atoms with Crippen LogP contribution in [0.25, 0.3) is 11.2 Å². The Kier molecular flexibility index (Phi) is 2.16. The van der Waals surface area contributed by atoms with Crippen molar-refractivity contribution in [1.29, 1.82) is 0 Å². The molecule has 0 amide bonds. The van der Waals surface area contributed by atoms with Crippen LogP contribution >= 0.6 is 11.7 Å². The topological polar surface area (TPSA) is 80.6 Å². The highest BCUT2D eigenvalue weighted by Gasteiger charge is 2.09. The first kappa shape index (κ1) is 9.07. The van der Waals surface area contributed by atoms with Crippen LogP contribution < -0.4 is 11.2 Å². The quantitative estimate of drug-likeness (QED) is 0.756. The number of fused-ring (bicyclic) bond motifs is 1. The van der Waals surface area contributed by atoms with Crippen LogP contribution in [0.2, 0.25) is 0 Å². The molecule has 0 saturated heterocycles. The lowest BCUT2D eigenvalue weighted by Gasteiger charge is -2.01. The van der Waals surface area contributed by atoms with Crippen LogP contribution in [-0.2, 0) is 6.54 Å². The number of aromatic amines is 1. The average Bonchev–Trinajstić information content (AvgIpc) is 2.60. The normalized spacial score (nSPS) is 10.9. The Bertz CT molecular complexity index is 567. The van der Waals surface area contributed by atoms with Crippen molar-refractivity contribution in [3.63, 3.8) is 0 Å². The number of aromatic nitrogens is 4. The van der Waals surface area contributed by atoms with E-state index in [9.17, 15) is 9.59 Å². The predicted molar refractivity (Wildman–Crippen MR) is 52.6 cm³/mol. The molecular weight excluding hydrogens is 204 g/mol. The van der Waals surface area contributed by atoms with Crippen LogP contribution in [0, 0.1) is 0 Å². The fourth-order valence-corrected chi connectivity index (χ4v) is 1.80. The smallest absolute Gasteiger partial charge is 0.275 e. The summed E-state index contributed by atoms with van der Waals surface area (Å²) >= 11 is 0.936. The van der Waals surface area contributed by atoms with Crippen LogP contribution in [0.3, 0.4) is 0 Å². The molecule has 2 rings (SSSR count). The Morgan fingerprint density at radius 2 is 2.21 bits per heavy atom. The maximum atomic E-state index is 11.4. The second-order valence-electron chi connectivity index (χ2n) is 2.85. The third-order valence-corrected chi connectivity index (χ3v) is 2.37. The Hall–Kier alpha value is -1.50. The monoisotopic (exact) mass is 212 g/mol. The molecule has 0 aliphatic rings. The van der Waals surface area contributed by atoms with Gasteiger partial charge < -0.3 is 0 Å². The predicted octanol–water partition coefficient (Wildman–Crippen LogP) is -0.0487. The number of hydrogen-bond acceptors (Lipinski definition) is 5. The zero-order chi connectivity index (χ0) is 10.1. The summed E-state index contributed by atoms with van der Waals surface area (Å²) < 4.78 is 9.19. The first-order valence-electron chi connectivity index (χ1n) is 4.19. The van der Waals surface area contributed by atoms with Crippen molar-refractivity contribution in [2.75, 3.05) is 0 Å². The number of aryl methyl sites for hydroxylation is 1. The first-order chi connectivity index (χ1) is 6.74. The lowest BCUT2D eigenvalue weighted by molar-refractivity contribution is 0.653. The molecule has 0 saturated carbocycles. The summed E-state index contributed by atoms with van der Waals surface area (Å²) in [7, 11) is 0. The molecule has 2 aromatic heterocycles. The molecule has 0 fully saturated rings. The molecule has 74 valence electrons. The van der Waals surface area contributed by atoms with Crippen molar-refractivity contribution >= 4 is 22.9 Å². The van der Waals surface area contributed by atoms with Gasteiger partial charge in [-0.05, 0) is 6.42 Å². The maximum Gasteiger partial charge on any atom is 0.330 e. The molecule has 0 unspecified atom stereocenters. The number of hydrogen-bond donors (Lipinski definition) is 1. The van der Waals surface area contributed by atoms with E-state index in [-0.39, 0.29) is 5.52 Å². The molecule has 0 aliphatic carbocycles. The fourth-order valence-electron chi connectivity index (χ4n) is 1.26. The average molecular weight is 212 g/mol. The summed E-state index contributed by atoms with van der Waals surface area (Å²) in [6.45, 7) is 2.49. The molecule has 0 atom stereocenters. The van der Waals surface area contributed by atoms with Gasteiger partial charge in [0.1, 0.15) is 0 Å². The minimum absolute atomic E-state index is 0.239. The van der Waals surface area contributed by atoms with E-state index in [2.05, 4.69) is 13.7 Å². The van der Waals surface area contributed by atoms with Gasteiger partial charge in [-0.15, -0.1) is 0 Å². The minimum Gasteiger partial charge on any atom is -0.275 e. The van der Waals surface area contributed by atoms with Crippen LogP contribution in [0.5, 0.6) is 0 Å². The maximum absolute atomic E-state index is 11.4. The van der Waals surface area contributed by atoms with Gasteiger partial charge in [-0.2, -0.15) is 8.75 Å². The van der Waals surface area contributed by atoms with Gasteiger partial charge in [0, 0.05) is 6.54 Å². The van der Waals surface area contributed by atoms with Gasteiger partial charge in [0.25, 0.3) is 5.56 Å². The van der Waals surface area contributed by atoms with Crippen LogP contribution in [-0.4, -0.2) is 18.3 Å². The number of H-pyrrole nitrogens is 1. The molecule has 1 N–H and O–H groups in total. The standard InChI is InChI=1S/C7H8N4O2S/c1-2-3-11-5-4(9-14-10-5)6(12)8-7(11)13/h2-3H2,1H3,(H,8,12,13). The Morgan fingerprint density at radius 1 is 1.43 bits per heavy atom. The minimum atomic E-state index is -0.467. The zero-order valence-electron chi connectivity index (χ0n) is 7.48. The number of nitrogens with zero attached hydrogens (tertiary/aromatic N) is 3. The van der Waals surface area contributed by atoms with Gasteiger partial charge in [-0.1, -0.05) is 6.92 Å². The van der Waals surface area contributed by atoms with Crippen molar-refractivity contribution in [3.05, 3.63) is 20.8 Å². The largest absolute Gasteiger partial charge is 0.330 e. The van der Waals surface area contributed by atoms with Crippen molar-refractivity contribution in [3.8, 4) is 0 Å². The van der Waals surface area contributed by atoms with Crippen molar-refractivity contribution < 1.29 is 0 Å². The molecule has 2 aromatic rings. The van der Waals surface area contributed by atoms with E-state index in [1.807, 2.05) is 6.92 Å². The fraction of sp³-hybridized carbons (Fsp3) is 0.429. The van der Waals surface area contributed by atoms with E-state index >= 15 is 0 Å². The Balaban J connectivity index is 2.86. The van der Waals surface area contributed by atoms with E-state index in [0.717, 1.165) is 18.1 Å². The molecule has 0 spiro atoms. The Labute approximate surface area is 82.5 Å². The van der Waals surface area contributed by atoms with E-state index in [1.165, 1.54) is 4.57 Å². The van der Waals surface area contributed by atoms with Crippen LogP contribution in [0.15, 0.2) is 9.59 Å². The van der Waals surface area contributed by atoms with E-state index in [0.29, 0.717) is 12.2 Å². The zero-order valence-corrected chi connectivity index (χ0v) is 8.30. The van der Waals surface area contributed by atoms with Gasteiger partial charge >= 0.3 is 5.69 Å². The highest BCUT2D eigenvalue weighted by Crippen LogP contribution is 2.03. The van der Waals surface area contributed by atoms with Crippen LogP contribution in [0.1, 0.15) is 13.3 Å². The van der Waals surface area contributed by atoms with Gasteiger partial charge in [-0.25, -0.2) is 4.79 Å². The van der Waals surface area contributed by atoms with E-state index in [4.69, 9.17) is 0 Å². The number of rotatable bonds is 2. The summed E-state index contributed by atoms with van der Waals surface area (Å²) in [5.41, 5.74) is -0.267. The van der Waals surface area contributed by atoms with Crippen molar-refractivity contribution in [2.24, 2.45) is 0 Å². The summed E-state index contributed by atoms with van der Waals surface area (Å²) in [4.78, 5) is 24.8. The first-order valence-corrected chi connectivity index (χ1v) is 4.92. The van der Waals surface area contributed by atoms with E-state index in [1.54, 1.807) is 0 Å². The molecule has 2 heterocycles. The summed E-state index contributed by atoms with van der Waals surface area (Å²) in [6.07, 6.45) is 0.804. The molecule has 14 heavy (non-hydrogen) atoms. The third-order valence-electron chi connectivity index (χ3n) is 1.85. The van der Waals surface area contributed by atoms with E-state index < -0.39 is 11.2 Å². The lowest BCUT2D eigenvalue weighted by atomic mass is 10.4. The molecule has 6 nitrogen and oxygen atoms in total. The molecule has 0 bridgehead atoms. The van der Waals surface area contributed by atoms with Crippen LogP contribution in [0.4, 0.5) is 0 Å². The van der Waals surface area contributed by atoms with Gasteiger partial charge in [0.15, 0.2) is 11.2 Å². The van der Waals surface area contributed by atoms with Gasteiger partial charge in [0.05, 0.1) is 11.7 Å². The molecule has 0 aliphatic heterocycles. The summed E-state index contributed by atoms with van der Waals surface area (Å²) in [5, 5.41) is 0. The number of nitrogens with one attached hydrogen (secondary N) is 1.